The molecule has 8 aromatic rings. The van der Waals surface area contributed by atoms with Crippen LogP contribution in [0.15, 0.2) is 103 Å². The molecule has 5 aromatic carbocycles. The van der Waals surface area contributed by atoms with Gasteiger partial charge in [-0.1, -0.05) is 87.5 Å². The van der Waals surface area contributed by atoms with Crippen LogP contribution >= 0.6 is 11.3 Å². The second kappa shape index (κ2) is 10.1. The van der Waals surface area contributed by atoms with Crippen molar-refractivity contribution in [2.24, 2.45) is 0 Å². The molecule has 3 heterocycles. The van der Waals surface area contributed by atoms with Crippen molar-refractivity contribution in [1.29, 1.82) is 0 Å². The number of pyridine rings is 1. The van der Waals surface area contributed by atoms with Gasteiger partial charge in [-0.15, -0.1) is 11.3 Å². The molecular formula is C41H35N3S. The van der Waals surface area contributed by atoms with Gasteiger partial charge in [0.1, 0.15) is 10.7 Å². The van der Waals surface area contributed by atoms with Gasteiger partial charge in [0.25, 0.3) is 0 Å². The van der Waals surface area contributed by atoms with Gasteiger partial charge in [-0.05, 0) is 90.2 Å². The van der Waals surface area contributed by atoms with Crippen molar-refractivity contribution in [3.05, 3.63) is 125 Å². The van der Waals surface area contributed by atoms with Crippen LogP contribution in [0.3, 0.4) is 0 Å². The summed E-state index contributed by atoms with van der Waals surface area (Å²) in [6, 6.07) is 37.4. The van der Waals surface area contributed by atoms with Crippen LogP contribution in [0, 0.1) is 20.8 Å². The Kier molecular flexibility index (Phi) is 6.23. The van der Waals surface area contributed by atoms with Crippen molar-refractivity contribution in [3.63, 3.8) is 0 Å². The van der Waals surface area contributed by atoms with Gasteiger partial charge in [0.15, 0.2) is 0 Å². The Balaban J connectivity index is 1.42. The quantitative estimate of drug-likeness (QED) is 0.202. The van der Waals surface area contributed by atoms with Crippen molar-refractivity contribution in [1.82, 2.24) is 14.5 Å². The Morgan fingerprint density at radius 1 is 0.644 bits per heavy atom. The molecule has 4 heteroatoms. The Hall–Kier alpha value is -4.80. The number of fused-ring (bicyclic) bond motifs is 6. The van der Waals surface area contributed by atoms with E-state index in [9.17, 15) is 0 Å². The molecular weight excluding hydrogens is 567 g/mol. The number of imidazole rings is 1. The molecule has 0 fully saturated rings. The first-order valence-electron chi connectivity index (χ1n) is 15.6. The molecule has 0 N–H and O–H groups in total. The van der Waals surface area contributed by atoms with Crippen LogP contribution in [0.25, 0.3) is 70.4 Å². The van der Waals surface area contributed by atoms with Crippen molar-refractivity contribution in [2.75, 3.05) is 0 Å². The summed E-state index contributed by atoms with van der Waals surface area (Å²) in [5.74, 6) is 0.955. The summed E-state index contributed by atoms with van der Waals surface area (Å²) in [5.41, 5.74) is 11.8. The average molecular weight is 602 g/mol. The summed E-state index contributed by atoms with van der Waals surface area (Å²) in [6.07, 6.45) is 0. The second-order valence-corrected chi connectivity index (χ2v) is 14.3. The fourth-order valence-corrected chi connectivity index (χ4v) is 8.10. The third kappa shape index (κ3) is 4.39. The number of thiophene rings is 1. The van der Waals surface area contributed by atoms with Gasteiger partial charge in [-0.25, -0.2) is 9.97 Å². The molecule has 0 unspecified atom stereocenters. The van der Waals surface area contributed by atoms with Crippen molar-refractivity contribution >= 4 is 53.4 Å². The van der Waals surface area contributed by atoms with Crippen molar-refractivity contribution < 1.29 is 0 Å². The van der Waals surface area contributed by atoms with Crippen molar-refractivity contribution in [2.45, 2.75) is 47.0 Å². The molecule has 0 saturated carbocycles. The van der Waals surface area contributed by atoms with E-state index in [-0.39, 0.29) is 5.41 Å². The van der Waals surface area contributed by atoms with E-state index in [1.807, 2.05) is 0 Å². The first-order chi connectivity index (χ1) is 21.7. The summed E-state index contributed by atoms with van der Waals surface area (Å²) in [6.45, 7) is 13.3. The third-order valence-electron chi connectivity index (χ3n) is 9.21. The number of hydrogen-bond donors (Lipinski definition) is 0. The van der Waals surface area contributed by atoms with E-state index in [0.717, 1.165) is 38.6 Å². The Morgan fingerprint density at radius 3 is 2.16 bits per heavy atom. The van der Waals surface area contributed by atoms with E-state index in [0.29, 0.717) is 0 Å². The maximum atomic E-state index is 5.37. The van der Waals surface area contributed by atoms with Crippen LogP contribution in [0.2, 0.25) is 0 Å². The highest BCUT2D eigenvalue weighted by molar-refractivity contribution is 7.26. The van der Waals surface area contributed by atoms with E-state index in [2.05, 4.69) is 149 Å². The van der Waals surface area contributed by atoms with Crippen LogP contribution in [-0.2, 0) is 5.41 Å². The number of nitrogens with zero attached hydrogens (tertiary/aromatic N) is 3. The van der Waals surface area contributed by atoms with Crippen LogP contribution in [0.1, 0.15) is 43.0 Å². The monoisotopic (exact) mass is 601 g/mol. The van der Waals surface area contributed by atoms with Crippen LogP contribution in [-0.4, -0.2) is 14.5 Å². The lowest BCUT2D eigenvalue weighted by Crippen LogP contribution is -2.11. The highest BCUT2D eigenvalue weighted by atomic mass is 32.1. The van der Waals surface area contributed by atoms with E-state index in [1.165, 1.54) is 54.1 Å². The summed E-state index contributed by atoms with van der Waals surface area (Å²) in [4.78, 5) is 11.7. The lowest BCUT2D eigenvalue weighted by atomic mass is 9.87. The second-order valence-electron chi connectivity index (χ2n) is 13.3. The minimum Gasteiger partial charge on any atom is -0.292 e. The number of benzene rings is 5. The minimum atomic E-state index is 0.0773. The molecule has 0 bridgehead atoms. The number of hydrogen-bond acceptors (Lipinski definition) is 3. The highest BCUT2D eigenvalue weighted by Gasteiger charge is 2.22. The van der Waals surface area contributed by atoms with Crippen LogP contribution < -0.4 is 0 Å². The molecule has 0 aliphatic carbocycles. The molecule has 3 nitrogen and oxygen atoms in total. The van der Waals surface area contributed by atoms with Gasteiger partial charge in [-0.2, -0.15) is 0 Å². The summed E-state index contributed by atoms with van der Waals surface area (Å²) >= 11 is 1.78. The van der Waals surface area contributed by atoms with Gasteiger partial charge in [0.05, 0.1) is 16.7 Å². The van der Waals surface area contributed by atoms with E-state index in [4.69, 9.17) is 9.97 Å². The predicted molar refractivity (Wildman–Crippen MR) is 193 cm³/mol. The fourth-order valence-electron chi connectivity index (χ4n) is 6.84. The molecule has 220 valence electrons. The molecule has 0 atom stereocenters. The van der Waals surface area contributed by atoms with E-state index >= 15 is 0 Å². The zero-order valence-corrected chi connectivity index (χ0v) is 27.4. The van der Waals surface area contributed by atoms with E-state index < -0.39 is 0 Å². The molecule has 0 amide bonds. The predicted octanol–water partition coefficient (Wildman–Crippen LogP) is 11.5. The van der Waals surface area contributed by atoms with Gasteiger partial charge in [0, 0.05) is 37.7 Å². The SMILES string of the molecule is Cc1cccc(C)c1-c1ccc2c(n1)sc1c(-c3nc4ccc5ccccc5c4n3-c3ccc(C(C)(C)C)cc3)ccc(C)c12. The summed E-state index contributed by atoms with van der Waals surface area (Å²) < 4.78 is 3.59. The van der Waals surface area contributed by atoms with Crippen molar-refractivity contribution in [3.8, 4) is 28.3 Å². The maximum Gasteiger partial charge on any atom is 0.147 e. The summed E-state index contributed by atoms with van der Waals surface area (Å²) in [5, 5.41) is 4.88. The topological polar surface area (TPSA) is 30.7 Å². The molecule has 8 rings (SSSR count). The minimum absolute atomic E-state index is 0.0773. The molecule has 0 radical (unpaired) electrons. The van der Waals surface area contributed by atoms with Gasteiger partial charge >= 0.3 is 0 Å². The molecule has 0 spiro atoms. The zero-order valence-electron chi connectivity index (χ0n) is 26.6. The lowest BCUT2D eigenvalue weighted by molar-refractivity contribution is 0.590. The molecule has 0 aliphatic heterocycles. The standard InChI is InChI=1S/C41H35N3S/c1-24-10-9-11-25(2)35(24)33-23-21-31-36-26(3)14-20-32(38(36)45-40(31)43-33)39-42-34-22-15-27-12-7-8-13-30(27)37(34)44(39)29-18-16-28(17-19-29)41(4,5)6/h7-23H,1-6H3. The summed E-state index contributed by atoms with van der Waals surface area (Å²) in [7, 11) is 0. The maximum absolute atomic E-state index is 5.37. The first kappa shape index (κ1) is 27.7. The van der Waals surface area contributed by atoms with E-state index in [1.54, 1.807) is 11.3 Å². The van der Waals surface area contributed by atoms with Gasteiger partial charge in [0.2, 0.25) is 0 Å². The molecule has 0 aliphatic rings. The third-order valence-corrected chi connectivity index (χ3v) is 10.3. The van der Waals surface area contributed by atoms with Crippen LogP contribution in [0.5, 0.6) is 0 Å². The van der Waals surface area contributed by atoms with Gasteiger partial charge in [-0.3, -0.25) is 4.57 Å². The molecule has 45 heavy (non-hydrogen) atoms. The average Bonchev–Trinajstić information content (AvgIpc) is 3.60. The largest absolute Gasteiger partial charge is 0.292 e. The smallest absolute Gasteiger partial charge is 0.147 e. The zero-order chi connectivity index (χ0) is 31.0. The fraction of sp³-hybridized carbons (Fsp3) is 0.171. The number of aryl methyl sites for hydroxylation is 3. The Labute approximate surface area is 267 Å². The first-order valence-corrected chi connectivity index (χ1v) is 16.4. The normalized spacial score (nSPS) is 12.2. The van der Waals surface area contributed by atoms with Gasteiger partial charge < -0.3 is 0 Å². The van der Waals surface area contributed by atoms with Crippen LogP contribution in [0.4, 0.5) is 0 Å². The molecule has 0 saturated heterocycles. The number of rotatable bonds is 3. The lowest BCUT2D eigenvalue weighted by Gasteiger charge is -2.20. The Morgan fingerprint density at radius 2 is 1.40 bits per heavy atom. The number of aromatic nitrogens is 3. The molecule has 3 aromatic heterocycles. The Bertz CT molecular complexity index is 2420. The highest BCUT2D eigenvalue weighted by Crippen LogP contribution is 2.44.